The third-order valence-electron chi connectivity index (χ3n) is 1.58. The Labute approximate surface area is 91.1 Å². The van der Waals surface area contributed by atoms with Crippen LogP contribution in [0, 0.1) is 0 Å². The normalized spacial score (nSPS) is 15.1. The van der Waals surface area contributed by atoms with Crippen LogP contribution in [0.15, 0.2) is 5.16 Å². The minimum atomic E-state index is -0.447. The summed E-state index contributed by atoms with van der Waals surface area (Å²) in [5, 5.41) is 9.74. The first kappa shape index (κ1) is 11.5. The van der Waals surface area contributed by atoms with E-state index < -0.39 is 6.10 Å². The first-order chi connectivity index (χ1) is 6.49. The fourth-order valence-electron chi connectivity index (χ4n) is 0.664. The van der Waals surface area contributed by atoms with E-state index in [1.165, 1.54) is 11.8 Å². The minimum absolute atomic E-state index is 0.0205. The zero-order valence-corrected chi connectivity index (χ0v) is 9.38. The van der Waals surface area contributed by atoms with E-state index in [2.05, 4.69) is 15.0 Å². The molecule has 0 aliphatic carbocycles. The second-order valence-electron chi connectivity index (χ2n) is 2.81. The Morgan fingerprint density at radius 2 is 2.00 bits per heavy atom. The molecule has 0 radical (unpaired) electrons. The van der Waals surface area contributed by atoms with Crippen molar-refractivity contribution in [3.8, 4) is 0 Å². The van der Waals surface area contributed by atoms with Crippen LogP contribution in [0.3, 0.4) is 0 Å². The highest BCUT2D eigenvalue weighted by atomic mass is 35.5. The van der Waals surface area contributed by atoms with Crippen LogP contribution in [-0.4, -0.2) is 31.4 Å². The highest BCUT2D eigenvalue weighted by Crippen LogP contribution is 2.22. The maximum absolute atomic E-state index is 9.26. The summed E-state index contributed by atoms with van der Waals surface area (Å²) in [6, 6.07) is 0. The lowest BCUT2D eigenvalue weighted by Gasteiger charge is -2.12. The Bertz CT molecular complexity index is 302. The van der Waals surface area contributed by atoms with Crippen molar-refractivity contribution >= 4 is 29.3 Å². The molecular weight excluding hydrogens is 224 g/mol. The number of hydrogen-bond acceptors (Lipinski definition) is 6. The summed E-state index contributed by atoms with van der Waals surface area (Å²) in [6.45, 7) is 3.56. The molecule has 0 saturated heterocycles. The number of nitrogens with two attached hydrogens (primary N) is 1. The number of nitrogens with zero attached hydrogens (tertiary/aromatic N) is 3. The van der Waals surface area contributed by atoms with Gasteiger partial charge in [0, 0.05) is 5.25 Å². The molecule has 14 heavy (non-hydrogen) atoms. The van der Waals surface area contributed by atoms with Crippen LogP contribution < -0.4 is 5.73 Å². The smallest absolute Gasteiger partial charge is 0.228 e. The Morgan fingerprint density at radius 1 is 1.36 bits per heavy atom. The van der Waals surface area contributed by atoms with Crippen molar-refractivity contribution in [1.29, 1.82) is 0 Å². The van der Waals surface area contributed by atoms with Gasteiger partial charge < -0.3 is 10.8 Å². The lowest BCUT2D eigenvalue weighted by atomic mass is 10.3. The molecule has 2 atom stereocenters. The van der Waals surface area contributed by atoms with Crippen LogP contribution in [0.4, 0.5) is 5.95 Å². The largest absolute Gasteiger partial charge is 0.392 e. The van der Waals surface area contributed by atoms with Gasteiger partial charge >= 0.3 is 0 Å². The maximum Gasteiger partial charge on any atom is 0.228 e. The van der Waals surface area contributed by atoms with Gasteiger partial charge in [0.25, 0.3) is 0 Å². The van der Waals surface area contributed by atoms with Gasteiger partial charge in [-0.2, -0.15) is 15.0 Å². The summed E-state index contributed by atoms with van der Waals surface area (Å²) in [6.07, 6.45) is -0.447. The summed E-state index contributed by atoms with van der Waals surface area (Å²) in [5.74, 6) is 0.0882. The summed E-state index contributed by atoms with van der Waals surface area (Å²) in [4.78, 5) is 11.4. The number of thioether (sulfide) groups is 1. The maximum atomic E-state index is 9.26. The molecule has 5 nitrogen and oxygen atoms in total. The predicted octanol–water partition coefficient (Wildman–Crippen LogP) is 0.969. The average Bonchev–Trinajstić information content (AvgIpc) is 2.01. The topological polar surface area (TPSA) is 84.9 Å². The number of rotatable bonds is 3. The standard InChI is InChI=1S/C7H11ClN4OS/c1-3(13)4(2)14-7-11-5(8)10-6(9)12-7/h3-4,13H,1-2H3,(H2,9,10,11,12). The predicted molar refractivity (Wildman–Crippen MR) is 56.2 cm³/mol. The van der Waals surface area contributed by atoms with Crippen molar-refractivity contribution in [3.63, 3.8) is 0 Å². The van der Waals surface area contributed by atoms with Crippen LogP contribution in [-0.2, 0) is 0 Å². The first-order valence-electron chi connectivity index (χ1n) is 4.01. The van der Waals surface area contributed by atoms with Gasteiger partial charge in [0.15, 0.2) is 5.16 Å². The molecule has 7 heteroatoms. The van der Waals surface area contributed by atoms with Crippen molar-refractivity contribution in [2.75, 3.05) is 5.73 Å². The van der Waals surface area contributed by atoms with Crippen molar-refractivity contribution < 1.29 is 5.11 Å². The zero-order chi connectivity index (χ0) is 10.7. The van der Waals surface area contributed by atoms with E-state index in [1.54, 1.807) is 6.92 Å². The Morgan fingerprint density at radius 3 is 2.50 bits per heavy atom. The summed E-state index contributed by atoms with van der Waals surface area (Å²) in [7, 11) is 0. The highest BCUT2D eigenvalue weighted by Gasteiger charge is 2.13. The quantitative estimate of drug-likeness (QED) is 0.758. The third-order valence-corrected chi connectivity index (χ3v) is 2.90. The number of aliphatic hydroxyl groups is 1. The molecule has 0 aromatic carbocycles. The molecule has 0 aliphatic heterocycles. The molecule has 1 rings (SSSR count). The van der Waals surface area contributed by atoms with Crippen molar-refractivity contribution in [2.24, 2.45) is 0 Å². The molecule has 1 aromatic heterocycles. The van der Waals surface area contributed by atoms with E-state index in [0.29, 0.717) is 5.16 Å². The molecule has 1 aromatic rings. The number of nitrogen functional groups attached to an aromatic ring is 1. The van der Waals surface area contributed by atoms with Crippen LogP contribution in [0.2, 0.25) is 5.28 Å². The fraction of sp³-hybridized carbons (Fsp3) is 0.571. The lowest BCUT2D eigenvalue weighted by Crippen LogP contribution is -2.15. The Hall–Kier alpha value is -0.590. The molecule has 0 saturated carbocycles. The first-order valence-corrected chi connectivity index (χ1v) is 5.26. The van der Waals surface area contributed by atoms with Crippen LogP contribution in [0.5, 0.6) is 0 Å². The van der Waals surface area contributed by atoms with Gasteiger partial charge in [-0.3, -0.25) is 0 Å². The molecule has 3 N–H and O–H groups in total. The van der Waals surface area contributed by atoms with Crippen LogP contribution >= 0.6 is 23.4 Å². The number of halogens is 1. The molecule has 0 aliphatic rings. The van der Waals surface area contributed by atoms with Crippen molar-refractivity contribution in [1.82, 2.24) is 15.0 Å². The highest BCUT2D eigenvalue weighted by molar-refractivity contribution is 7.99. The molecule has 78 valence electrons. The van der Waals surface area contributed by atoms with E-state index in [0.717, 1.165) is 0 Å². The number of aromatic nitrogens is 3. The zero-order valence-electron chi connectivity index (χ0n) is 7.81. The molecule has 0 fully saturated rings. The fourth-order valence-corrected chi connectivity index (χ4v) is 1.70. The molecule has 1 heterocycles. The lowest BCUT2D eigenvalue weighted by molar-refractivity contribution is 0.196. The van der Waals surface area contributed by atoms with Gasteiger partial charge in [0.2, 0.25) is 11.2 Å². The van der Waals surface area contributed by atoms with Gasteiger partial charge in [0.05, 0.1) is 6.10 Å². The van der Waals surface area contributed by atoms with Crippen molar-refractivity contribution in [2.45, 2.75) is 30.4 Å². The van der Waals surface area contributed by atoms with Gasteiger partial charge in [-0.25, -0.2) is 0 Å². The number of hydrogen-bond donors (Lipinski definition) is 2. The van der Waals surface area contributed by atoms with E-state index in [-0.39, 0.29) is 16.5 Å². The minimum Gasteiger partial charge on any atom is -0.392 e. The number of anilines is 1. The van der Waals surface area contributed by atoms with Gasteiger partial charge in [-0.05, 0) is 18.5 Å². The Balaban J connectivity index is 2.76. The molecule has 0 spiro atoms. The third kappa shape index (κ3) is 3.28. The second-order valence-corrected chi connectivity index (χ2v) is 4.49. The molecule has 0 bridgehead atoms. The average molecular weight is 235 g/mol. The van der Waals surface area contributed by atoms with Crippen LogP contribution in [0.25, 0.3) is 0 Å². The van der Waals surface area contributed by atoms with E-state index >= 15 is 0 Å². The summed E-state index contributed by atoms with van der Waals surface area (Å²) >= 11 is 6.90. The van der Waals surface area contributed by atoms with Crippen LogP contribution in [0.1, 0.15) is 13.8 Å². The van der Waals surface area contributed by atoms with Gasteiger partial charge in [0.1, 0.15) is 0 Å². The monoisotopic (exact) mass is 234 g/mol. The molecule has 2 unspecified atom stereocenters. The molecular formula is C7H11ClN4OS. The van der Waals surface area contributed by atoms with E-state index in [4.69, 9.17) is 17.3 Å². The second kappa shape index (κ2) is 4.77. The SMILES string of the molecule is CC(O)C(C)Sc1nc(N)nc(Cl)n1. The summed E-state index contributed by atoms with van der Waals surface area (Å²) in [5.41, 5.74) is 5.39. The molecule has 0 amide bonds. The van der Waals surface area contributed by atoms with Gasteiger partial charge in [-0.15, -0.1) is 0 Å². The Kier molecular flexibility index (Phi) is 3.91. The van der Waals surface area contributed by atoms with E-state index in [1.807, 2.05) is 6.92 Å². The van der Waals surface area contributed by atoms with Gasteiger partial charge in [-0.1, -0.05) is 18.7 Å². The summed E-state index contributed by atoms with van der Waals surface area (Å²) < 4.78 is 0. The van der Waals surface area contributed by atoms with E-state index in [9.17, 15) is 5.11 Å². The van der Waals surface area contributed by atoms with Crippen molar-refractivity contribution in [3.05, 3.63) is 5.28 Å². The number of aliphatic hydroxyl groups excluding tert-OH is 1.